The van der Waals surface area contributed by atoms with Crippen LogP contribution in [0.25, 0.3) is 0 Å². The molecule has 0 fully saturated rings. The molecule has 0 bridgehead atoms. The van der Waals surface area contributed by atoms with Crippen molar-refractivity contribution in [1.82, 2.24) is 0 Å². The first-order chi connectivity index (χ1) is 29.1. The predicted molar refractivity (Wildman–Crippen MR) is 256 cm³/mol. The Morgan fingerprint density at radius 3 is 0.867 bits per heavy atom. The highest BCUT2D eigenvalue weighted by Gasteiger charge is 2.19. The van der Waals surface area contributed by atoms with Gasteiger partial charge in [-0.15, -0.1) is 0 Å². The second-order valence-electron chi connectivity index (χ2n) is 19.7. The number of hydrogen-bond donors (Lipinski definition) is 0. The molecule has 0 radical (unpaired) electrons. The molecule has 0 heterocycles. The molecule has 0 amide bonds. The molecule has 0 aliphatic rings. The van der Waals surface area contributed by atoms with E-state index in [1.165, 1.54) is 173 Å². The van der Waals surface area contributed by atoms with Crippen molar-refractivity contribution in [2.24, 2.45) is 17.8 Å². The second-order valence-corrected chi connectivity index (χ2v) is 19.7. The quantitative estimate of drug-likeness (QED) is 0.0345. The summed E-state index contributed by atoms with van der Waals surface area (Å²) in [6, 6.07) is 0. The molecule has 0 aromatic rings. The van der Waals surface area contributed by atoms with Gasteiger partial charge in [0.15, 0.2) is 6.10 Å². The maximum atomic E-state index is 12.8. The molecule has 356 valence electrons. The highest BCUT2D eigenvalue weighted by atomic mass is 16.6. The molecule has 6 heteroatoms. The van der Waals surface area contributed by atoms with E-state index >= 15 is 0 Å². The molecule has 60 heavy (non-hydrogen) atoms. The van der Waals surface area contributed by atoms with Gasteiger partial charge >= 0.3 is 17.9 Å². The summed E-state index contributed by atoms with van der Waals surface area (Å²) in [6.45, 7) is 13.7. The van der Waals surface area contributed by atoms with E-state index < -0.39 is 6.10 Å². The number of rotatable bonds is 47. The molecule has 6 nitrogen and oxygen atoms in total. The topological polar surface area (TPSA) is 78.9 Å². The lowest BCUT2D eigenvalue weighted by atomic mass is 10.00. The second kappa shape index (κ2) is 45.4. The standard InChI is InChI=1S/C54H104O6/c1-7-50(6)42-36-30-26-27-33-39-45-54(57)60-51(47-59-53(56)44-38-32-25-21-17-13-15-19-23-29-35-41-49(4)5)46-58-52(55)43-37-31-24-20-16-12-10-8-9-11-14-18-22-28-34-40-48(2)3/h48-51H,7-47H2,1-6H3/t50?,51-/m0/s1. The van der Waals surface area contributed by atoms with Gasteiger partial charge in [0.05, 0.1) is 0 Å². The lowest BCUT2D eigenvalue weighted by Gasteiger charge is -2.18. The summed E-state index contributed by atoms with van der Waals surface area (Å²) in [5, 5.41) is 0. The van der Waals surface area contributed by atoms with Gasteiger partial charge in [0.1, 0.15) is 13.2 Å². The van der Waals surface area contributed by atoms with Gasteiger partial charge in [-0.3, -0.25) is 14.4 Å². The Morgan fingerprint density at radius 1 is 0.333 bits per heavy atom. The molecular formula is C54H104O6. The first kappa shape index (κ1) is 58.4. The minimum absolute atomic E-state index is 0.0652. The van der Waals surface area contributed by atoms with E-state index in [1.54, 1.807) is 0 Å². The molecule has 0 saturated carbocycles. The average Bonchev–Trinajstić information content (AvgIpc) is 3.22. The largest absolute Gasteiger partial charge is 0.462 e. The van der Waals surface area contributed by atoms with Crippen molar-refractivity contribution in [2.75, 3.05) is 13.2 Å². The van der Waals surface area contributed by atoms with Crippen LogP contribution in [0.15, 0.2) is 0 Å². The first-order valence-corrected chi connectivity index (χ1v) is 26.6. The Hall–Kier alpha value is -1.59. The molecule has 0 saturated heterocycles. The van der Waals surface area contributed by atoms with Gasteiger partial charge in [-0.25, -0.2) is 0 Å². The number of carbonyl (C=O) groups excluding carboxylic acids is 3. The highest BCUT2D eigenvalue weighted by Crippen LogP contribution is 2.18. The molecule has 0 N–H and O–H groups in total. The Balaban J connectivity index is 4.25. The Bertz CT molecular complexity index is 931. The predicted octanol–water partition coefficient (Wildman–Crippen LogP) is 17.2. The zero-order chi connectivity index (χ0) is 44.2. The van der Waals surface area contributed by atoms with E-state index in [0.717, 1.165) is 75.5 Å². The smallest absolute Gasteiger partial charge is 0.306 e. The fourth-order valence-electron chi connectivity index (χ4n) is 8.08. The molecule has 2 atom stereocenters. The minimum Gasteiger partial charge on any atom is -0.462 e. The van der Waals surface area contributed by atoms with E-state index in [0.29, 0.717) is 19.3 Å². The summed E-state index contributed by atoms with van der Waals surface area (Å²) in [4.78, 5) is 37.9. The minimum atomic E-state index is -0.763. The molecule has 0 aliphatic heterocycles. The monoisotopic (exact) mass is 849 g/mol. The fraction of sp³-hybridized carbons (Fsp3) is 0.944. The van der Waals surface area contributed by atoms with E-state index in [9.17, 15) is 14.4 Å². The first-order valence-electron chi connectivity index (χ1n) is 26.6. The van der Waals surface area contributed by atoms with Crippen LogP contribution < -0.4 is 0 Å². The summed E-state index contributed by atoms with van der Waals surface area (Å²) in [5.41, 5.74) is 0. The Morgan fingerprint density at radius 2 is 0.583 bits per heavy atom. The Labute approximate surface area is 374 Å². The van der Waals surface area contributed by atoms with Gasteiger partial charge in [-0.2, -0.15) is 0 Å². The van der Waals surface area contributed by atoms with Crippen molar-refractivity contribution >= 4 is 17.9 Å². The normalized spacial score (nSPS) is 12.6. The third kappa shape index (κ3) is 45.9. The fourth-order valence-corrected chi connectivity index (χ4v) is 8.08. The summed E-state index contributed by atoms with van der Waals surface area (Å²) in [7, 11) is 0. The van der Waals surface area contributed by atoms with E-state index in [1.807, 2.05) is 0 Å². The zero-order valence-electron chi connectivity index (χ0n) is 41.3. The molecule has 0 rings (SSSR count). The van der Waals surface area contributed by atoms with Crippen LogP contribution in [0.2, 0.25) is 0 Å². The third-order valence-corrected chi connectivity index (χ3v) is 12.5. The van der Waals surface area contributed by atoms with Crippen LogP contribution in [0.1, 0.15) is 292 Å². The average molecular weight is 849 g/mol. The summed E-state index contributed by atoms with van der Waals surface area (Å²) in [6.07, 6.45) is 45.2. The van der Waals surface area contributed by atoms with Crippen molar-refractivity contribution in [3.63, 3.8) is 0 Å². The number of unbranched alkanes of at least 4 members (excludes halogenated alkanes) is 29. The number of ether oxygens (including phenoxy) is 3. The number of hydrogen-bond acceptors (Lipinski definition) is 6. The Kier molecular flexibility index (Phi) is 44.2. The zero-order valence-corrected chi connectivity index (χ0v) is 41.3. The summed E-state index contributed by atoms with van der Waals surface area (Å²) in [5.74, 6) is 1.63. The third-order valence-electron chi connectivity index (χ3n) is 12.5. The van der Waals surface area contributed by atoms with Gasteiger partial charge in [0.25, 0.3) is 0 Å². The van der Waals surface area contributed by atoms with E-state index in [2.05, 4.69) is 41.5 Å². The molecular weight excluding hydrogens is 745 g/mol. The van der Waals surface area contributed by atoms with E-state index in [4.69, 9.17) is 14.2 Å². The lowest BCUT2D eigenvalue weighted by molar-refractivity contribution is -0.167. The van der Waals surface area contributed by atoms with Crippen LogP contribution in [0, 0.1) is 17.8 Å². The maximum absolute atomic E-state index is 12.8. The van der Waals surface area contributed by atoms with Gasteiger partial charge in [-0.05, 0) is 37.0 Å². The van der Waals surface area contributed by atoms with Crippen molar-refractivity contribution in [1.29, 1.82) is 0 Å². The van der Waals surface area contributed by atoms with Gasteiger partial charge in [0, 0.05) is 19.3 Å². The lowest BCUT2D eigenvalue weighted by Crippen LogP contribution is -2.30. The van der Waals surface area contributed by atoms with Crippen molar-refractivity contribution < 1.29 is 28.6 Å². The summed E-state index contributed by atoms with van der Waals surface area (Å²) < 4.78 is 16.8. The SMILES string of the molecule is CCC(C)CCCCCCCCC(=O)O[C@@H](COC(=O)CCCCCCCCCCCCCCCCCC(C)C)COC(=O)CCCCCCCCCCCCCC(C)C. The molecule has 0 aromatic carbocycles. The summed E-state index contributed by atoms with van der Waals surface area (Å²) >= 11 is 0. The van der Waals surface area contributed by atoms with Crippen LogP contribution in [0.4, 0.5) is 0 Å². The van der Waals surface area contributed by atoms with Crippen molar-refractivity contribution in [2.45, 2.75) is 298 Å². The molecule has 0 spiro atoms. The number of carbonyl (C=O) groups is 3. The molecule has 0 aromatic heterocycles. The van der Waals surface area contributed by atoms with Crippen LogP contribution in [0.5, 0.6) is 0 Å². The number of esters is 3. The maximum Gasteiger partial charge on any atom is 0.306 e. The van der Waals surface area contributed by atoms with Crippen molar-refractivity contribution in [3.05, 3.63) is 0 Å². The van der Waals surface area contributed by atoms with Crippen LogP contribution >= 0.6 is 0 Å². The molecule has 0 aliphatic carbocycles. The van der Waals surface area contributed by atoms with Gasteiger partial charge in [-0.1, -0.05) is 253 Å². The van der Waals surface area contributed by atoms with E-state index in [-0.39, 0.29) is 31.1 Å². The van der Waals surface area contributed by atoms with Crippen LogP contribution in [0.3, 0.4) is 0 Å². The van der Waals surface area contributed by atoms with Crippen LogP contribution in [-0.4, -0.2) is 37.2 Å². The highest BCUT2D eigenvalue weighted by molar-refractivity contribution is 5.71. The molecule has 1 unspecified atom stereocenters. The van der Waals surface area contributed by atoms with Crippen molar-refractivity contribution in [3.8, 4) is 0 Å². The van der Waals surface area contributed by atoms with Gasteiger partial charge in [0.2, 0.25) is 0 Å². The van der Waals surface area contributed by atoms with Crippen LogP contribution in [-0.2, 0) is 28.6 Å². The van der Waals surface area contributed by atoms with Gasteiger partial charge < -0.3 is 14.2 Å².